The third-order valence-electron chi connectivity index (χ3n) is 12.6. The van der Waals surface area contributed by atoms with Gasteiger partial charge in [0.05, 0.1) is 37.8 Å². The molecular weight excluding hydrogens is 672 g/mol. The molecule has 11 atom stereocenters. The third-order valence-corrected chi connectivity index (χ3v) is 12.6. The molecule has 1 aromatic heterocycles. The minimum atomic E-state index is -1.22. The highest BCUT2D eigenvalue weighted by Crippen LogP contribution is 2.71. The van der Waals surface area contributed by atoms with Crippen LogP contribution in [0.1, 0.15) is 100 Å². The molecule has 12 heteroatoms. The maximum atomic E-state index is 13.8. The normalized spacial score (nSPS) is 37.0. The van der Waals surface area contributed by atoms with Crippen LogP contribution in [0.4, 0.5) is 0 Å². The van der Waals surface area contributed by atoms with Crippen molar-refractivity contribution in [3.05, 3.63) is 47.0 Å². The lowest BCUT2D eigenvalue weighted by Gasteiger charge is -2.66. The largest absolute Gasteiger partial charge is 0.472 e. The first-order chi connectivity index (χ1) is 24.3. The van der Waals surface area contributed by atoms with E-state index in [0.29, 0.717) is 12.0 Å². The molecule has 0 aromatic carbocycles. The number of allylic oxidation sites excluding steroid dienone is 2. The van der Waals surface area contributed by atoms with E-state index < -0.39 is 94.4 Å². The van der Waals surface area contributed by atoms with Crippen molar-refractivity contribution in [3.63, 3.8) is 0 Å². The minimum Gasteiger partial charge on any atom is -0.472 e. The highest BCUT2D eigenvalue weighted by molar-refractivity contribution is 5.87. The quantitative estimate of drug-likeness (QED) is 0.120. The predicted molar refractivity (Wildman–Crippen MR) is 186 cm³/mol. The SMILES string of the molecule is C/C=C(\C)C(=O)O[C@H]1C[C@@H](OC(C)=O)[C@@]2(C)CO[C@H]3[C@@H](OC(=O)C(C)C)[C@@](C)(C4=C(C)[C@H](c5ccoc5)C[C@@H]4OC(C)=O)[C@H](COC(C)=O)[C@]1(C)[C@H]32. The van der Waals surface area contributed by atoms with Crippen LogP contribution in [-0.2, 0) is 52.4 Å². The van der Waals surface area contributed by atoms with Crippen molar-refractivity contribution >= 4 is 29.8 Å². The Kier molecular flexibility index (Phi) is 10.9. The fourth-order valence-electron chi connectivity index (χ4n) is 10.1. The molecule has 286 valence electrons. The zero-order chi connectivity index (χ0) is 38.5. The Morgan fingerprint density at radius 3 is 2.15 bits per heavy atom. The highest BCUT2D eigenvalue weighted by atomic mass is 16.6. The van der Waals surface area contributed by atoms with Gasteiger partial charge in [-0.25, -0.2) is 4.79 Å². The van der Waals surface area contributed by atoms with Crippen LogP contribution in [0.5, 0.6) is 0 Å². The summed E-state index contributed by atoms with van der Waals surface area (Å²) < 4.78 is 43.3. The van der Waals surface area contributed by atoms with Gasteiger partial charge in [-0.3, -0.25) is 19.2 Å². The summed E-state index contributed by atoms with van der Waals surface area (Å²) in [5.41, 5.74) is -0.187. The second kappa shape index (κ2) is 14.5. The molecule has 2 saturated carbocycles. The molecule has 0 spiro atoms. The van der Waals surface area contributed by atoms with Crippen molar-refractivity contribution in [3.8, 4) is 0 Å². The van der Waals surface area contributed by atoms with Gasteiger partial charge in [0.2, 0.25) is 0 Å². The summed E-state index contributed by atoms with van der Waals surface area (Å²) in [4.78, 5) is 65.5. The molecule has 0 bridgehead atoms. The highest BCUT2D eigenvalue weighted by Gasteiger charge is 2.77. The van der Waals surface area contributed by atoms with Crippen LogP contribution < -0.4 is 0 Å². The number of esters is 5. The summed E-state index contributed by atoms with van der Waals surface area (Å²) in [5.74, 6) is -4.45. The number of hydrogen-bond donors (Lipinski definition) is 0. The van der Waals surface area contributed by atoms with Gasteiger partial charge < -0.3 is 32.8 Å². The Morgan fingerprint density at radius 1 is 0.923 bits per heavy atom. The minimum absolute atomic E-state index is 0.147. The number of furan rings is 1. The molecule has 3 fully saturated rings. The fraction of sp³-hybridized carbons (Fsp3) is 0.675. The smallest absolute Gasteiger partial charge is 0.333 e. The van der Waals surface area contributed by atoms with Crippen molar-refractivity contribution in [1.29, 1.82) is 0 Å². The zero-order valence-electron chi connectivity index (χ0n) is 32.2. The van der Waals surface area contributed by atoms with Crippen molar-refractivity contribution in [2.24, 2.45) is 34.0 Å². The van der Waals surface area contributed by atoms with E-state index in [1.165, 1.54) is 20.8 Å². The number of ether oxygens (including phenoxy) is 6. The van der Waals surface area contributed by atoms with E-state index in [1.54, 1.807) is 46.3 Å². The summed E-state index contributed by atoms with van der Waals surface area (Å²) in [6.45, 7) is 18.9. The van der Waals surface area contributed by atoms with Gasteiger partial charge in [0.25, 0.3) is 0 Å². The molecule has 0 N–H and O–H groups in total. The van der Waals surface area contributed by atoms with Crippen LogP contribution in [0.25, 0.3) is 0 Å². The van der Waals surface area contributed by atoms with Gasteiger partial charge >= 0.3 is 29.8 Å². The van der Waals surface area contributed by atoms with Gasteiger partial charge in [0.1, 0.15) is 24.4 Å². The van der Waals surface area contributed by atoms with Crippen LogP contribution in [0.2, 0.25) is 0 Å². The Balaban J connectivity index is 1.84. The molecule has 0 amide bonds. The summed E-state index contributed by atoms with van der Waals surface area (Å²) >= 11 is 0. The van der Waals surface area contributed by atoms with E-state index >= 15 is 0 Å². The fourth-order valence-corrected chi connectivity index (χ4v) is 10.1. The molecule has 52 heavy (non-hydrogen) atoms. The Morgan fingerprint density at radius 2 is 1.60 bits per heavy atom. The summed E-state index contributed by atoms with van der Waals surface area (Å²) in [7, 11) is 0. The lowest BCUT2D eigenvalue weighted by molar-refractivity contribution is -0.266. The standard InChI is InChI=1S/C40H54O12/c1-12-21(4)37(45)51-31-16-30(50-25(8)43)38(9)19-48-33-34(38)39(31,10)29(18-47-23(6)41)40(11,35(33)52-36(44)20(2)3)32-22(5)27(26-13-14-46-17-26)15-28(32)49-24(7)42/h12-14,17,20,27-31,33-35H,15-16,18-19H2,1-11H3/b21-12+/t27-,28+,29-,30-,31+,33-,34-,35-,38-,39+,40-/m1/s1. The molecular formula is C40H54O12. The topological polar surface area (TPSA) is 154 Å². The first-order valence-corrected chi connectivity index (χ1v) is 18.2. The van der Waals surface area contributed by atoms with Crippen LogP contribution in [0.3, 0.4) is 0 Å². The maximum Gasteiger partial charge on any atom is 0.333 e. The summed E-state index contributed by atoms with van der Waals surface area (Å²) in [6.07, 6.45) is 1.35. The Bertz CT molecular complexity index is 1640. The Labute approximate surface area is 305 Å². The third kappa shape index (κ3) is 6.49. The van der Waals surface area contributed by atoms with Crippen LogP contribution >= 0.6 is 0 Å². The van der Waals surface area contributed by atoms with E-state index in [2.05, 4.69) is 0 Å². The van der Waals surface area contributed by atoms with Crippen molar-refractivity contribution in [2.45, 2.75) is 125 Å². The van der Waals surface area contributed by atoms with Crippen molar-refractivity contribution in [1.82, 2.24) is 0 Å². The van der Waals surface area contributed by atoms with Gasteiger partial charge in [-0.2, -0.15) is 0 Å². The monoisotopic (exact) mass is 726 g/mol. The zero-order valence-corrected chi connectivity index (χ0v) is 32.2. The van der Waals surface area contributed by atoms with Gasteiger partial charge in [-0.15, -0.1) is 0 Å². The molecule has 4 aliphatic rings. The first kappa shape index (κ1) is 39.3. The summed E-state index contributed by atoms with van der Waals surface area (Å²) in [5, 5.41) is 0. The van der Waals surface area contributed by atoms with Gasteiger partial charge in [-0.05, 0) is 44.4 Å². The predicted octanol–water partition coefficient (Wildman–Crippen LogP) is 6.02. The number of rotatable bonds is 10. The van der Waals surface area contributed by atoms with E-state index in [-0.39, 0.29) is 25.6 Å². The molecule has 2 heterocycles. The van der Waals surface area contributed by atoms with Crippen LogP contribution in [0, 0.1) is 34.0 Å². The lowest BCUT2D eigenvalue weighted by atomic mass is 9.40. The second-order valence-corrected chi connectivity index (χ2v) is 16.0. The molecule has 5 rings (SSSR count). The average Bonchev–Trinajstić information content (AvgIpc) is 3.79. The van der Waals surface area contributed by atoms with Crippen molar-refractivity contribution < 1.29 is 56.8 Å². The second-order valence-electron chi connectivity index (χ2n) is 16.0. The van der Waals surface area contributed by atoms with Gasteiger partial charge in [-0.1, -0.05) is 46.3 Å². The molecule has 1 saturated heterocycles. The molecule has 1 aliphatic heterocycles. The van der Waals surface area contributed by atoms with Crippen molar-refractivity contribution in [2.75, 3.05) is 13.2 Å². The van der Waals surface area contributed by atoms with E-state index in [9.17, 15) is 24.0 Å². The van der Waals surface area contributed by atoms with Crippen LogP contribution in [-0.4, -0.2) is 73.6 Å². The first-order valence-electron chi connectivity index (χ1n) is 18.2. The van der Waals surface area contributed by atoms with E-state index in [1.807, 2.05) is 33.8 Å². The average molecular weight is 727 g/mol. The lowest BCUT2D eigenvalue weighted by Crippen LogP contribution is -2.73. The molecule has 3 aliphatic carbocycles. The van der Waals surface area contributed by atoms with E-state index in [0.717, 1.165) is 16.7 Å². The van der Waals surface area contributed by atoms with Crippen LogP contribution in [0.15, 0.2) is 45.8 Å². The van der Waals surface area contributed by atoms with E-state index in [4.69, 9.17) is 32.8 Å². The van der Waals surface area contributed by atoms with Gasteiger partial charge in [0.15, 0.2) is 0 Å². The number of carbonyl (C=O) groups is 5. The molecule has 12 nitrogen and oxygen atoms in total. The van der Waals surface area contributed by atoms with Gasteiger partial charge in [0, 0.05) is 66.8 Å². The number of hydrogen-bond acceptors (Lipinski definition) is 12. The number of carbonyl (C=O) groups excluding carboxylic acids is 5. The Hall–Kier alpha value is -3.93. The molecule has 1 aromatic rings. The molecule has 0 unspecified atom stereocenters. The molecule has 0 radical (unpaired) electrons. The maximum absolute atomic E-state index is 13.8. The summed E-state index contributed by atoms with van der Waals surface area (Å²) in [6, 6.07) is 1.87.